The number of ether oxygens (including phenoxy) is 1. The van der Waals surface area contributed by atoms with Gasteiger partial charge in [0.2, 0.25) is 0 Å². The number of rotatable bonds is 4. The first kappa shape index (κ1) is 14.3. The third-order valence-electron chi connectivity index (χ3n) is 3.22. The summed E-state index contributed by atoms with van der Waals surface area (Å²) in [4.78, 5) is 24.7. The zero-order valence-corrected chi connectivity index (χ0v) is 11.3. The lowest BCUT2D eigenvalue weighted by Crippen LogP contribution is -2.38. The molecule has 6 heteroatoms. The molecular weight excluding hydrogens is 260 g/mol. The van der Waals surface area contributed by atoms with Crippen molar-refractivity contribution in [1.82, 2.24) is 5.32 Å². The molecular formula is C14H18N2O4. The van der Waals surface area contributed by atoms with Crippen LogP contribution in [0.2, 0.25) is 0 Å². The normalized spacial score (nSPS) is 16.6. The maximum absolute atomic E-state index is 11.8. The fraction of sp³-hybridized carbons (Fsp3) is 0.429. The molecule has 0 aliphatic carbocycles. The third-order valence-corrected chi connectivity index (χ3v) is 3.22. The molecule has 1 amide bonds. The minimum atomic E-state index is -1.05. The van der Waals surface area contributed by atoms with Crippen molar-refractivity contribution in [1.29, 1.82) is 0 Å². The highest BCUT2D eigenvalue weighted by Gasteiger charge is 2.16. The van der Waals surface area contributed by atoms with Crippen LogP contribution in [0.4, 0.5) is 5.69 Å². The van der Waals surface area contributed by atoms with Crippen molar-refractivity contribution in [2.45, 2.75) is 13.0 Å². The molecule has 1 heterocycles. The number of anilines is 1. The summed E-state index contributed by atoms with van der Waals surface area (Å²) in [5, 5.41) is 11.2. The van der Waals surface area contributed by atoms with Crippen LogP contribution < -0.4 is 10.2 Å². The number of hydrogen-bond acceptors (Lipinski definition) is 4. The standard InChI is InChI=1S/C14H18N2O4/c1-10(14(18)19)15-13(17)11-2-4-12(5-3-11)16-6-8-20-9-7-16/h2-5,10H,6-9H2,1H3,(H,15,17)(H,18,19)/t10-/m1/s1. The second-order valence-electron chi connectivity index (χ2n) is 4.68. The van der Waals surface area contributed by atoms with Crippen molar-refractivity contribution < 1.29 is 19.4 Å². The van der Waals surface area contributed by atoms with Gasteiger partial charge in [0.15, 0.2) is 0 Å². The Morgan fingerprint density at radius 2 is 1.85 bits per heavy atom. The zero-order valence-electron chi connectivity index (χ0n) is 11.3. The second kappa shape index (κ2) is 6.38. The maximum Gasteiger partial charge on any atom is 0.325 e. The number of carboxylic acids is 1. The number of carbonyl (C=O) groups excluding carboxylic acids is 1. The van der Waals surface area contributed by atoms with E-state index in [4.69, 9.17) is 9.84 Å². The van der Waals surface area contributed by atoms with E-state index in [2.05, 4.69) is 10.2 Å². The summed E-state index contributed by atoms with van der Waals surface area (Å²) in [6, 6.07) is 6.24. The first-order chi connectivity index (χ1) is 9.58. The van der Waals surface area contributed by atoms with E-state index in [0.29, 0.717) is 18.8 Å². The molecule has 0 aromatic heterocycles. The smallest absolute Gasteiger partial charge is 0.325 e. The van der Waals surface area contributed by atoms with E-state index in [0.717, 1.165) is 18.8 Å². The molecule has 0 radical (unpaired) electrons. The Morgan fingerprint density at radius 3 is 2.40 bits per heavy atom. The van der Waals surface area contributed by atoms with Crippen LogP contribution in [0, 0.1) is 0 Å². The molecule has 1 aliphatic heterocycles. The number of carbonyl (C=O) groups is 2. The SMILES string of the molecule is C[C@@H](NC(=O)c1ccc(N2CCOCC2)cc1)C(=O)O. The molecule has 2 rings (SSSR count). The summed E-state index contributed by atoms with van der Waals surface area (Å²) in [6.45, 7) is 4.52. The number of hydrogen-bond donors (Lipinski definition) is 2. The molecule has 108 valence electrons. The fourth-order valence-corrected chi connectivity index (χ4v) is 1.99. The summed E-state index contributed by atoms with van der Waals surface area (Å²) in [5.41, 5.74) is 1.49. The molecule has 1 fully saturated rings. The van der Waals surface area contributed by atoms with Gasteiger partial charge < -0.3 is 20.1 Å². The molecule has 1 aliphatic rings. The molecule has 6 nitrogen and oxygen atoms in total. The summed E-state index contributed by atoms with van der Waals surface area (Å²) < 4.78 is 5.29. The predicted octanol–water partition coefficient (Wildman–Crippen LogP) is 0.726. The molecule has 0 unspecified atom stereocenters. The third kappa shape index (κ3) is 3.48. The van der Waals surface area contributed by atoms with E-state index < -0.39 is 12.0 Å². The zero-order chi connectivity index (χ0) is 14.5. The monoisotopic (exact) mass is 278 g/mol. The molecule has 1 aromatic carbocycles. The summed E-state index contributed by atoms with van der Waals surface area (Å²) >= 11 is 0. The van der Waals surface area contributed by atoms with Gasteiger partial charge in [-0.15, -0.1) is 0 Å². The van der Waals surface area contributed by atoms with Crippen LogP contribution in [0.25, 0.3) is 0 Å². The first-order valence-corrected chi connectivity index (χ1v) is 6.54. The average Bonchev–Trinajstić information content (AvgIpc) is 2.48. The van der Waals surface area contributed by atoms with Gasteiger partial charge in [0.25, 0.3) is 5.91 Å². The number of nitrogens with one attached hydrogen (secondary N) is 1. The van der Waals surface area contributed by atoms with Crippen LogP contribution in [-0.4, -0.2) is 49.3 Å². The van der Waals surface area contributed by atoms with Crippen LogP contribution in [0.3, 0.4) is 0 Å². The number of amides is 1. The van der Waals surface area contributed by atoms with Gasteiger partial charge in [-0.3, -0.25) is 9.59 Å². The number of nitrogens with zero attached hydrogens (tertiary/aromatic N) is 1. The quantitative estimate of drug-likeness (QED) is 0.848. The first-order valence-electron chi connectivity index (χ1n) is 6.54. The summed E-state index contributed by atoms with van der Waals surface area (Å²) in [7, 11) is 0. The Kier molecular flexibility index (Phi) is 4.57. The van der Waals surface area contributed by atoms with Crippen molar-refractivity contribution in [3.05, 3.63) is 29.8 Å². The Balaban J connectivity index is 2.00. The maximum atomic E-state index is 11.8. The Labute approximate surface area is 117 Å². The molecule has 1 aromatic rings. The van der Waals surface area contributed by atoms with Crippen LogP contribution in [0.5, 0.6) is 0 Å². The highest BCUT2D eigenvalue weighted by atomic mass is 16.5. The van der Waals surface area contributed by atoms with Gasteiger partial charge in [-0.1, -0.05) is 0 Å². The molecule has 0 bridgehead atoms. The molecule has 1 saturated heterocycles. The van der Waals surface area contributed by atoms with Crippen molar-refractivity contribution >= 4 is 17.6 Å². The van der Waals surface area contributed by atoms with Gasteiger partial charge in [0, 0.05) is 24.3 Å². The predicted molar refractivity (Wildman–Crippen MR) is 74.0 cm³/mol. The van der Waals surface area contributed by atoms with Gasteiger partial charge in [0.1, 0.15) is 6.04 Å². The van der Waals surface area contributed by atoms with Crippen LogP contribution in [0.1, 0.15) is 17.3 Å². The Bertz CT molecular complexity index is 480. The van der Waals surface area contributed by atoms with E-state index in [1.54, 1.807) is 12.1 Å². The van der Waals surface area contributed by atoms with E-state index in [9.17, 15) is 9.59 Å². The lowest BCUT2D eigenvalue weighted by Gasteiger charge is -2.28. The van der Waals surface area contributed by atoms with Gasteiger partial charge in [-0.2, -0.15) is 0 Å². The number of benzene rings is 1. The van der Waals surface area contributed by atoms with Crippen LogP contribution >= 0.6 is 0 Å². The largest absolute Gasteiger partial charge is 0.480 e. The number of aliphatic carboxylic acids is 1. The number of carboxylic acid groups (broad SMARTS) is 1. The van der Waals surface area contributed by atoms with Crippen molar-refractivity contribution in [3.63, 3.8) is 0 Å². The molecule has 0 spiro atoms. The molecule has 0 saturated carbocycles. The average molecular weight is 278 g/mol. The highest BCUT2D eigenvalue weighted by molar-refractivity contribution is 5.96. The lowest BCUT2D eigenvalue weighted by molar-refractivity contribution is -0.138. The van der Waals surface area contributed by atoms with E-state index >= 15 is 0 Å². The van der Waals surface area contributed by atoms with E-state index in [1.165, 1.54) is 6.92 Å². The van der Waals surface area contributed by atoms with Gasteiger partial charge in [0.05, 0.1) is 13.2 Å². The van der Waals surface area contributed by atoms with Crippen molar-refractivity contribution in [2.24, 2.45) is 0 Å². The highest BCUT2D eigenvalue weighted by Crippen LogP contribution is 2.16. The minimum absolute atomic E-state index is 0.381. The second-order valence-corrected chi connectivity index (χ2v) is 4.68. The van der Waals surface area contributed by atoms with E-state index in [1.807, 2.05) is 12.1 Å². The Hall–Kier alpha value is -2.08. The van der Waals surface area contributed by atoms with Crippen LogP contribution in [0.15, 0.2) is 24.3 Å². The van der Waals surface area contributed by atoms with Crippen LogP contribution in [-0.2, 0) is 9.53 Å². The molecule has 20 heavy (non-hydrogen) atoms. The van der Waals surface area contributed by atoms with E-state index in [-0.39, 0.29) is 5.91 Å². The molecule has 2 N–H and O–H groups in total. The minimum Gasteiger partial charge on any atom is -0.480 e. The van der Waals surface area contributed by atoms with Crippen molar-refractivity contribution in [3.8, 4) is 0 Å². The van der Waals surface area contributed by atoms with Crippen molar-refractivity contribution in [2.75, 3.05) is 31.2 Å². The Morgan fingerprint density at radius 1 is 1.25 bits per heavy atom. The van der Waals surface area contributed by atoms with Gasteiger partial charge in [-0.05, 0) is 31.2 Å². The molecule has 1 atom stereocenters. The van der Waals surface area contributed by atoms with Gasteiger partial charge in [-0.25, -0.2) is 0 Å². The fourth-order valence-electron chi connectivity index (χ4n) is 1.99. The number of morpholine rings is 1. The van der Waals surface area contributed by atoms with Gasteiger partial charge >= 0.3 is 5.97 Å². The topological polar surface area (TPSA) is 78.9 Å². The summed E-state index contributed by atoms with van der Waals surface area (Å²) in [5.74, 6) is -1.43. The lowest BCUT2D eigenvalue weighted by atomic mass is 10.1. The summed E-state index contributed by atoms with van der Waals surface area (Å²) in [6.07, 6.45) is 0.